The summed E-state index contributed by atoms with van der Waals surface area (Å²) in [5.41, 5.74) is 7.59. The lowest BCUT2D eigenvalue weighted by atomic mass is 10.0. The first-order valence-corrected chi connectivity index (χ1v) is 19.3. The Morgan fingerprint density at radius 3 is 1.43 bits per heavy atom. The van der Waals surface area contributed by atoms with Gasteiger partial charge in [-0.25, -0.2) is 0 Å². The van der Waals surface area contributed by atoms with Gasteiger partial charge in [0.2, 0.25) is 0 Å². The van der Waals surface area contributed by atoms with E-state index in [1.54, 1.807) is 0 Å². The summed E-state index contributed by atoms with van der Waals surface area (Å²) in [6.45, 7) is 7.16. The Labute approximate surface area is 268 Å². The number of rotatable bonds is 4. The molecule has 0 aliphatic rings. The predicted octanol–water partition coefficient (Wildman–Crippen LogP) is 11.0. The SMILES string of the molecule is C[Si](C)(C)c1ccc(N(c2ccc(C#N)cc2)c2cc3c4cc5ccccc5cc4n4c5cc6ccccc6cc5c(c2)c34)cc1. The molecular formula is C42H31N3Si. The average Bonchev–Trinajstić information content (AvgIpc) is 3.57. The topological polar surface area (TPSA) is 31.4 Å². The van der Waals surface area contributed by atoms with Crippen LogP contribution in [0.4, 0.5) is 17.1 Å². The van der Waals surface area contributed by atoms with Crippen LogP contribution in [-0.2, 0) is 0 Å². The molecule has 0 amide bonds. The Bertz CT molecular complexity index is 2550. The summed E-state index contributed by atoms with van der Waals surface area (Å²) in [7, 11) is -1.47. The first-order chi connectivity index (χ1) is 22.4. The predicted molar refractivity (Wildman–Crippen MR) is 198 cm³/mol. The highest BCUT2D eigenvalue weighted by molar-refractivity contribution is 6.88. The van der Waals surface area contributed by atoms with E-state index in [2.05, 4.69) is 156 Å². The molecule has 2 aromatic heterocycles. The molecule has 0 bridgehead atoms. The number of fused-ring (bicyclic) bond motifs is 8. The minimum Gasteiger partial charge on any atom is -0.310 e. The van der Waals surface area contributed by atoms with Gasteiger partial charge in [-0.05, 0) is 94.3 Å². The monoisotopic (exact) mass is 605 g/mol. The van der Waals surface area contributed by atoms with E-state index in [0.717, 1.165) is 17.1 Å². The fourth-order valence-corrected chi connectivity index (χ4v) is 8.44. The molecule has 2 heterocycles. The lowest BCUT2D eigenvalue weighted by molar-refractivity contribution is 1.29. The number of nitriles is 1. The molecule has 0 spiro atoms. The third kappa shape index (κ3) is 3.96. The highest BCUT2D eigenvalue weighted by atomic mass is 28.3. The number of hydrogen-bond donors (Lipinski definition) is 0. The van der Waals surface area contributed by atoms with E-state index in [1.165, 1.54) is 64.8 Å². The zero-order valence-corrected chi connectivity index (χ0v) is 27.0. The van der Waals surface area contributed by atoms with Crippen molar-refractivity contribution >= 4 is 90.0 Å². The Morgan fingerprint density at radius 2 is 0.978 bits per heavy atom. The van der Waals surface area contributed by atoms with Gasteiger partial charge >= 0.3 is 0 Å². The molecule has 0 aliphatic heterocycles. The fraction of sp³-hybridized carbons (Fsp3) is 0.0714. The molecule has 0 aliphatic carbocycles. The summed E-state index contributed by atoms with van der Waals surface area (Å²) in [5, 5.41) is 20.9. The second-order valence-corrected chi connectivity index (χ2v) is 18.5. The van der Waals surface area contributed by atoms with Gasteiger partial charge in [-0.15, -0.1) is 0 Å². The maximum absolute atomic E-state index is 9.56. The van der Waals surface area contributed by atoms with Gasteiger partial charge in [0, 0.05) is 38.6 Å². The molecule has 0 saturated heterocycles. The van der Waals surface area contributed by atoms with Crippen LogP contribution in [0.3, 0.4) is 0 Å². The van der Waals surface area contributed by atoms with Gasteiger partial charge in [0.25, 0.3) is 0 Å². The number of nitrogens with zero attached hydrogens (tertiary/aromatic N) is 3. The van der Waals surface area contributed by atoms with E-state index in [4.69, 9.17) is 0 Å². The van der Waals surface area contributed by atoms with Crippen LogP contribution in [0.15, 0.2) is 133 Å². The van der Waals surface area contributed by atoms with Crippen LogP contribution in [0.5, 0.6) is 0 Å². The normalized spacial score (nSPS) is 12.2. The zero-order chi connectivity index (χ0) is 31.2. The largest absolute Gasteiger partial charge is 0.310 e. The van der Waals surface area contributed by atoms with Gasteiger partial charge in [0.05, 0.1) is 36.3 Å². The summed E-state index contributed by atoms with van der Waals surface area (Å²) in [6.07, 6.45) is 0. The van der Waals surface area contributed by atoms with Crippen molar-refractivity contribution in [2.24, 2.45) is 0 Å². The second-order valence-electron chi connectivity index (χ2n) is 13.4. The Morgan fingerprint density at radius 1 is 0.522 bits per heavy atom. The summed E-state index contributed by atoms with van der Waals surface area (Å²) in [6, 6.07) is 50.8. The Balaban J connectivity index is 1.40. The highest BCUT2D eigenvalue weighted by Gasteiger charge is 2.23. The van der Waals surface area contributed by atoms with E-state index < -0.39 is 8.07 Å². The number of anilines is 3. The molecule has 7 aromatic carbocycles. The molecule has 0 fully saturated rings. The van der Waals surface area contributed by atoms with E-state index in [9.17, 15) is 5.26 Å². The van der Waals surface area contributed by atoms with Crippen molar-refractivity contribution in [1.29, 1.82) is 5.26 Å². The average molecular weight is 606 g/mol. The van der Waals surface area contributed by atoms with E-state index in [0.29, 0.717) is 5.56 Å². The standard InChI is InChI=1S/C42H31N3Si/c1-46(2,3)35-18-16-33(17-19-35)44(32-14-12-27(26-43)13-15-32)34-24-38-36-20-28-8-4-6-10-30(28)22-40(36)45-41-23-31-11-7-5-9-29(31)21-37(41)39(25-34)42(38)45/h4-25H,1-3H3. The molecule has 0 saturated carbocycles. The first-order valence-electron chi connectivity index (χ1n) is 15.8. The van der Waals surface area contributed by atoms with Gasteiger partial charge in [0.15, 0.2) is 0 Å². The van der Waals surface area contributed by atoms with E-state index in [1.807, 2.05) is 12.1 Å². The summed E-state index contributed by atoms with van der Waals surface area (Å²) < 4.78 is 2.48. The summed E-state index contributed by atoms with van der Waals surface area (Å²) in [5.74, 6) is 0. The lowest BCUT2D eigenvalue weighted by Gasteiger charge is -2.27. The third-order valence-electron chi connectivity index (χ3n) is 9.61. The lowest BCUT2D eigenvalue weighted by Crippen LogP contribution is -2.37. The van der Waals surface area contributed by atoms with Crippen LogP contribution in [0.25, 0.3) is 59.6 Å². The van der Waals surface area contributed by atoms with Crippen molar-refractivity contribution in [3.05, 3.63) is 139 Å². The van der Waals surface area contributed by atoms with Crippen LogP contribution in [0.1, 0.15) is 5.56 Å². The number of benzene rings is 7. The first kappa shape index (κ1) is 26.7. The second kappa shape index (κ2) is 9.68. The van der Waals surface area contributed by atoms with Crippen molar-refractivity contribution < 1.29 is 0 Å². The van der Waals surface area contributed by atoms with Crippen LogP contribution in [0.2, 0.25) is 19.6 Å². The maximum atomic E-state index is 9.56. The molecule has 0 N–H and O–H groups in total. The Kier molecular flexibility index (Phi) is 5.63. The fourth-order valence-electron chi connectivity index (χ4n) is 7.27. The molecular weight excluding hydrogens is 575 g/mol. The van der Waals surface area contributed by atoms with Gasteiger partial charge in [-0.3, -0.25) is 0 Å². The van der Waals surface area contributed by atoms with Crippen molar-refractivity contribution in [1.82, 2.24) is 4.40 Å². The maximum Gasteiger partial charge on any atom is 0.0991 e. The van der Waals surface area contributed by atoms with Crippen LogP contribution in [-0.4, -0.2) is 12.5 Å². The van der Waals surface area contributed by atoms with Gasteiger partial charge in [0.1, 0.15) is 0 Å². The smallest absolute Gasteiger partial charge is 0.0991 e. The van der Waals surface area contributed by atoms with Crippen molar-refractivity contribution in [3.63, 3.8) is 0 Å². The molecule has 0 atom stereocenters. The van der Waals surface area contributed by atoms with Gasteiger partial charge in [-0.2, -0.15) is 5.26 Å². The van der Waals surface area contributed by atoms with Gasteiger partial charge in [-0.1, -0.05) is 85.5 Å². The molecule has 0 radical (unpaired) electrons. The minimum atomic E-state index is -1.47. The molecule has 3 nitrogen and oxygen atoms in total. The van der Waals surface area contributed by atoms with Gasteiger partial charge < -0.3 is 9.30 Å². The highest BCUT2D eigenvalue weighted by Crippen LogP contribution is 2.46. The van der Waals surface area contributed by atoms with Crippen LogP contribution < -0.4 is 10.1 Å². The quantitative estimate of drug-likeness (QED) is 0.187. The number of hydrogen-bond acceptors (Lipinski definition) is 2. The molecule has 9 rings (SSSR count). The summed E-state index contributed by atoms with van der Waals surface area (Å²) >= 11 is 0. The molecule has 0 unspecified atom stereocenters. The summed E-state index contributed by atoms with van der Waals surface area (Å²) in [4.78, 5) is 2.34. The van der Waals surface area contributed by atoms with Crippen LogP contribution in [0, 0.1) is 11.3 Å². The molecule has 46 heavy (non-hydrogen) atoms. The van der Waals surface area contributed by atoms with E-state index >= 15 is 0 Å². The zero-order valence-electron chi connectivity index (χ0n) is 26.0. The van der Waals surface area contributed by atoms with Crippen molar-refractivity contribution in [2.45, 2.75) is 19.6 Å². The minimum absolute atomic E-state index is 0.655. The molecule has 218 valence electrons. The van der Waals surface area contributed by atoms with Crippen LogP contribution >= 0.6 is 0 Å². The van der Waals surface area contributed by atoms with E-state index in [-0.39, 0.29) is 0 Å². The van der Waals surface area contributed by atoms with Crippen molar-refractivity contribution in [3.8, 4) is 6.07 Å². The van der Waals surface area contributed by atoms with Crippen molar-refractivity contribution in [2.75, 3.05) is 4.90 Å². The number of aromatic nitrogens is 1. The molecule has 9 aromatic rings. The molecule has 4 heteroatoms. The Hall–Kier alpha value is -5.63. The third-order valence-corrected chi connectivity index (χ3v) is 11.7.